The van der Waals surface area contributed by atoms with Crippen molar-refractivity contribution in [3.05, 3.63) is 46.2 Å². The summed E-state index contributed by atoms with van der Waals surface area (Å²) < 4.78 is 13.4. The summed E-state index contributed by atoms with van der Waals surface area (Å²) in [7, 11) is 3.54. The molecule has 2 saturated heterocycles. The van der Waals surface area contributed by atoms with E-state index in [-0.39, 0.29) is 35.5 Å². The summed E-state index contributed by atoms with van der Waals surface area (Å²) in [6, 6.07) is 6.41. The largest absolute Gasteiger partial charge is 0.348 e. The number of aromatic nitrogens is 1. The molecule has 0 aliphatic carbocycles. The number of hydrogen-bond donors (Lipinski definition) is 2. The monoisotopic (exact) mass is 572 g/mol. The summed E-state index contributed by atoms with van der Waals surface area (Å²) in [6.07, 6.45) is 3.90. The van der Waals surface area contributed by atoms with E-state index >= 15 is 0 Å². The maximum atomic E-state index is 13.4. The Labute approximate surface area is 240 Å². The first-order chi connectivity index (χ1) is 19.1. The van der Waals surface area contributed by atoms with Crippen molar-refractivity contribution < 1.29 is 18.8 Å². The predicted molar refractivity (Wildman–Crippen MR) is 155 cm³/mol. The van der Waals surface area contributed by atoms with Gasteiger partial charge in [0.15, 0.2) is 10.9 Å². The Hall–Kier alpha value is -2.89. The lowest BCUT2D eigenvalue weighted by atomic mass is 9.88. The van der Waals surface area contributed by atoms with E-state index in [0.717, 1.165) is 57.4 Å². The first-order valence-electron chi connectivity index (χ1n) is 14.0. The highest BCUT2D eigenvalue weighted by Crippen LogP contribution is 2.26. The highest BCUT2D eigenvalue weighted by molar-refractivity contribution is 7.17. The molecule has 4 rings (SSSR count). The number of carbonyl (C=O) groups is 3. The number of piperidine rings is 2. The second-order valence-corrected chi connectivity index (χ2v) is 12.4. The number of rotatable bonds is 9. The molecule has 0 saturated carbocycles. The molecule has 2 fully saturated rings. The van der Waals surface area contributed by atoms with Crippen LogP contribution in [-0.4, -0.2) is 96.8 Å². The van der Waals surface area contributed by atoms with Crippen LogP contribution >= 0.6 is 11.3 Å². The molecule has 3 heterocycles. The predicted octanol–water partition coefficient (Wildman–Crippen LogP) is 3.65. The van der Waals surface area contributed by atoms with Gasteiger partial charge in [0, 0.05) is 59.2 Å². The quantitative estimate of drug-likeness (QED) is 0.446. The SMILES string of the molecule is CC(=O)c1sc(NC(=O)N[C@@H]2CCN(CC(=O)N(C)C)C[C@@H]2CN2CCC[C@@H](Cc3ccc(F)cc3)C2)nc1C. The minimum Gasteiger partial charge on any atom is -0.348 e. The van der Waals surface area contributed by atoms with E-state index in [1.54, 1.807) is 25.9 Å². The second-order valence-electron chi connectivity index (χ2n) is 11.4. The van der Waals surface area contributed by atoms with Crippen molar-refractivity contribution in [2.75, 3.05) is 58.7 Å². The zero-order valence-electron chi connectivity index (χ0n) is 23.9. The lowest BCUT2D eigenvalue weighted by Gasteiger charge is -2.42. The lowest BCUT2D eigenvalue weighted by molar-refractivity contribution is -0.130. The zero-order valence-corrected chi connectivity index (χ0v) is 24.7. The Kier molecular flexibility index (Phi) is 10.3. The molecule has 0 spiro atoms. The van der Waals surface area contributed by atoms with E-state index in [9.17, 15) is 18.8 Å². The molecule has 1 aromatic heterocycles. The van der Waals surface area contributed by atoms with Gasteiger partial charge in [-0.25, -0.2) is 14.2 Å². The Morgan fingerprint density at radius 2 is 1.85 bits per heavy atom. The van der Waals surface area contributed by atoms with Crippen molar-refractivity contribution >= 4 is 34.2 Å². The van der Waals surface area contributed by atoms with Gasteiger partial charge in [-0.1, -0.05) is 23.5 Å². The van der Waals surface area contributed by atoms with Gasteiger partial charge in [-0.3, -0.25) is 19.8 Å². The number of Topliss-reactive ketones (excluding diaryl/α,β-unsaturated/α-hetero) is 1. The summed E-state index contributed by atoms with van der Waals surface area (Å²) in [5, 5.41) is 6.39. The van der Waals surface area contributed by atoms with Crippen LogP contribution in [0.25, 0.3) is 0 Å². The van der Waals surface area contributed by atoms with Crippen molar-refractivity contribution in [1.29, 1.82) is 0 Å². The Morgan fingerprint density at radius 3 is 2.52 bits per heavy atom. The third-order valence-corrected chi connectivity index (χ3v) is 9.04. The van der Waals surface area contributed by atoms with Crippen LogP contribution < -0.4 is 10.6 Å². The van der Waals surface area contributed by atoms with Gasteiger partial charge in [-0.15, -0.1) is 0 Å². The van der Waals surface area contributed by atoms with Gasteiger partial charge in [0.1, 0.15) is 5.82 Å². The summed E-state index contributed by atoms with van der Waals surface area (Å²) in [5.41, 5.74) is 1.77. The molecule has 2 N–H and O–H groups in total. The number of carbonyl (C=O) groups excluding carboxylic acids is 3. The zero-order chi connectivity index (χ0) is 28.8. The molecule has 40 heavy (non-hydrogen) atoms. The summed E-state index contributed by atoms with van der Waals surface area (Å²) in [5.74, 6) is 0.427. The molecule has 218 valence electrons. The maximum absolute atomic E-state index is 13.4. The Bertz CT molecular complexity index is 1190. The molecule has 2 aromatic rings. The van der Waals surface area contributed by atoms with Gasteiger partial charge >= 0.3 is 6.03 Å². The van der Waals surface area contributed by atoms with Gasteiger partial charge in [-0.05, 0) is 62.8 Å². The van der Waals surface area contributed by atoms with Crippen molar-refractivity contribution in [3.8, 4) is 0 Å². The third-order valence-electron chi connectivity index (χ3n) is 7.86. The van der Waals surface area contributed by atoms with Crippen LogP contribution in [0.15, 0.2) is 24.3 Å². The first kappa shape index (κ1) is 30.1. The van der Waals surface area contributed by atoms with Gasteiger partial charge in [0.2, 0.25) is 5.91 Å². The highest BCUT2D eigenvalue weighted by atomic mass is 32.1. The highest BCUT2D eigenvalue weighted by Gasteiger charge is 2.34. The molecule has 2 aliphatic rings. The molecule has 3 atom stereocenters. The van der Waals surface area contributed by atoms with Crippen LogP contribution in [0.4, 0.5) is 14.3 Å². The maximum Gasteiger partial charge on any atom is 0.321 e. The molecular weight excluding hydrogens is 531 g/mol. The molecule has 11 heteroatoms. The van der Waals surface area contributed by atoms with Gasteiger partial charge in [-0.2, -0.15) is 0 Å². The first-order valence-corrected chi connectivity index (χ1v) is 14.8. The number of amides is 3. The molecule has 9 nitrogen and oxygen atoms in total. The van der Waals surface area contributed by atoms with E-state index in [4.69, 9.17) is 0 Å². The van der Waals surface area contributed by atoms with E-state index in [0.29, 0.717) is 34.7 Å². The number of urea groups is 1. The normalized spacial score (nSPS) is 22.1. The number of thiazole rings is 1. The van der Waals surface area contributed by atoms with E-state index < -0.39 is 0 Å². The number of ketones is 1. The van der Waals surface area contributed by atoms with Crippen LogP contribution in [0.3, 0.4) is 0 Å². The molecule has 0 unspecified atom stereocenters. The van der Waals surface area contributed by atoms with Crippen LogP contribution in [0.5, 0.6) is 0 Å². The molecule has 2 aliphatic heterocycles. The number of hydrogen-bond acceptors (Lipinski definition) is 7. The van der Waals surface area contributed by atoms with Crippen LogP contribution in [0.1, 0.15) is 47.1 Å². The number of halogens is 1. The summed E-state index contributed by atoms with van der Waals surface area (Å²) >= 11 is 1.19. The van der Waals surface area contributed by atoms with Crippen molar-refractivity contribution in [2.24, 2.45) is 11.8 Å². The Balaban J connectivity index is 1.40. The average molecular weight is 573 g/mol. The number of likely N-dealkylation sites (N-methyl/N-ethyl adjacent to an activating group) is 1. The lowest BCUT2D eigenvalue weighted by Crippen LogP contribution is -2.56. The van der Waals surface area contributed by atoms with E-state index in [1.165, 1.54) is 30.4 Å². The topological polar surface area (TPSA) is 97.9 Å². The van der Waals surface area contributed by atoms with E-state index in [2.05, 4.69) is 25.4 Å². The van der Waals surface area contributed by atoms with Gasteiger partial charge < -0.3 is 15.1 Å². The van der Waals surface area contributed by atoms with Gasteiger partial charge in [0.25, 0.3) is 0 Å². The van der Waals surface area contributed by atoms with Crippen LogP contribution in [0.2, 0.25) is 0 Å². The van der Waals surface area contributed by atoms with Crippen molar-refractivity contribution in [2.45, 2.75) is 45.6 Å². The second kappa shape index (κ2) is 13.6. The molecule has 0 bridgehead atoms. The molecule has 3 amide bonds. The number of benzene rings is 1. The summed E-state index contributed by atoms with van der Waals surface area (Å²) in [6.45, 7) is 7.83. The van der Waals surface area contributed by atoms with Crippen molar-refractivity contribution in [3.63, 3.8) is 0 Å². The smallest absolute Gasteiger partial charge is 0.321 e. The molecular formula is C29H41FN6O3S. The fourth-order valence-corrected chi connectivity index (χ4v) is 6.66. The fourth-order valence-electron chi connectivity index (χ4n) is 5.81. The molecule has 1 aromatic carbocycles. The number of nitrogens with zero attached hydrogens (tertiary/aromatic N) is 4. The number of likely N-dealkylation sites (tertiary alicyclic amines) is 2. The standard InChI is InChI=1S/C29H41FN6O3S/c1-19-27(20(2)37)40-29(31-19)33-28(39)32-25-11-13-36(18-26(38)34(3)4)17-23(25)16-35-12-5-6-22(15-35)14-21-7-9-24(30)10-8-21/h7-10,22-23,25H,5-6,11-18H2,1-4H3,(H2,31,32,33,39)/t22-,23-,25+/m0/s1. The number of aryl methyl sites for hydroxylation is 1. The van der Waals surface area contributed by atoms with Crippen LogP contribution in [-0.2, 0) is 11.2 Å². The van der Waals surface area contributed by atoms with Gasteiger partial charge in [0.05, 0.1) is 17.1 Å². The van der Waals surface area contributed by atoms with Crippen LogP contribution in [0, 0.1) is 24.6 Å². The Morgan fingerprint density at radius 1 is 1.10 bits per heavy atom. The third kappa shape index (κ3) is 8.31. The number of anilines is 1. The number of nitrogens with one attached hydrogen (secondary N) is 2. The fraction of sp³-hybridized carbons (Fsp3) is 0.586. The minimum atomic E-state index is -0.329. The average Bonchev–Trinajstić information content (AvgIpc) is 3.27. The van der Waals surface area contributed by atoms with E-state index in [1.807, 2.05) is 12.1 Å². The molecule has 0 radical (unpaired) electrons. The summed E-state index contributed by atoms with van der Waals surface area (Å²) in [4.78, 5) is 48.4. The minimum absolute atomic E-state index is 0.0588. The van der Waals surface area contributed by atoms with Crippen molar-refractivity contribution in [1.82, 2.24) is 25.0 Å².